The van der Waals surface area contributed by atoms with E-state index in [1.165, 1.54) is 0 Å². The van der Waals surface area contributed by atoms with Crippen LogP contribution in [0.25, 0.3) is 0 Å². The van der Waals surface area contributed by atoms with Crippen LogP contribution in [0.3, 0.4) is 0 Å². The Morgan fingerprint density at radius 1 is 1.17 bits per heavy atom. The number of pyridine rings is 1. The van der Waals surface area contributed by atoms with Gasteiger partial charge in [-0.25, -0.2) is 4.98 Å². The number of aromatic nitrogens is 1. The highest BCUT2D eigenvalue weighted by Gasteiger charge is 1.99. The molecule has 0 atom stereocenters. The molecule has 0 unspecified atom stereocenters. The van der Waals surface area contributed by atoms with Crippen molar-refractivity contribution in [3.8, 4) is 11.6 Å². The summed E-state index contributed by atoms with van der Waals surface area (Å²) in [7, 11) is 0. The minimum absolute atomic E-state index is 0.504. The summed E-state index contributed by atoms with van der Waals surface area (Å²) in [6, 6.07) is 11.1. The monoisotopic (exact) mass is 242 g/mol. The van der Waals surface area contributed by atoms with Crippen molar-refractivity contribution in [2.24, 2.45) is 0 Å². The number of anilines is 1. The third-order valence-electron chi connectivity index (χ3n) is 2.46. The zero-order valence-electron chi connectivity index (χ0n) is 9.87. The number of ether oxygens (including phenoxy) is 1. The maximum Gasteiger partial charge on any atom is 0.219 e. The molecule has 0 saturated heterocycles. The Labute approximate surface area is 105 Å². The summed E-state index contributed by atoms with van der Waals surface area (Å²) in [5.74, 6) is 1.21. The van der Waals surface area contributed by atoms with E-state index in [1.807, 2.05) is 24.3 Å². The van der Waals surface area contributed by atoms with Crippen LogP contribution in [0.15, 0.2) is 42.6 Å². The number of hydrogen-bond acceptors (Lipinski definition) is 4. The first-order valence-electron chi connectivity index (χ1n) is 5.70. The molecule has 1 aromatic heterocycles. The summed E-state index contributed by atoms with van der Waals surface area (Å²) in [4.78, 5) is 14.3. The van der Waals surface area contributed by atoms with Gasteiger partial charge in [0.25, 0.3) is 0 Å². The van der Waals surface area contributed by atoms with Crippen molar-refractivity contribution in [2.45, 2.75) is 12.8 Å². The molecule has 92 valence electrons. The Hall–Kier alpha value is -2.36. The molecule has 0 radical (unpaired) electrons. The average molecular weight is 242 g/mol. The van der Waals surface area contributed by atoms with Crippen LogP contribution in [0.4, 0.5) is 5.69 Å². The van der Waals surface area contributed by atoms with Gasteiger partial charge >= 0.3 is 0 Å². The first-order chi connectivity index (χ1) is 8.78. The van der Waals surface area contributed by atoms with E-state index in [4.69, 9.17) is 10.5 Å². The third-order valence-corrected chi connectivity index (χ3v) is 2.46. The number of hydrogen-bond donors (Lipinski definition) is 1. The number of carbonyl (C=O) groups is 1. The molecule has 2 N–H and O–H groups in total. The topological polar surface area (TPSA) is 65.2 Å². The van der Waals surface area contributed by atoms with Gasteiger partial charge in [-0.2, -0.15) is 0 Å². The van der Waals surface area contributed by atoms with Crippen molar-refractivity contribution in [1.82, 2.24) is 4.98 Å². The van der Waals surface area contributed by atoms with E-state index in [0.29, 0.717) is 23.7 Å². The van der Waals surface area contributed by atoms with Crippen molar-refractivity contribution >= 4 is 12.0 Å². The van der Waals surface area contributed by atoms with Crippen molar-refractivity contribution in [3.05, 3.63) is 48.2 Å². The quantitative estimate of drug-likeness (QED) is 0.818. The Morgan fingerprint density at radius 2 is 1.94 bits per heavy atom. The minimum Gasteiger partial charge on any atom is -0.439 e. The first kappa shape index (κ1) is 12.1. The van der Waals surface area contributed by atoms with Gasteiger partial charge in [-0.1, -0.05) is 12.1 Å². The fourth-order valence-corrected chi connectivity index (χ4v) is 1.52. The van der Waals surface area contributed by atoms with Gasteiger partial charge in [0, 0.05) is 12.5 Å². The van der Waals surface area contributed by atoms with Crippen LogP contribution >= 0.6 is 0 Å². The number of aldehydes is 1. The highest BCUT2D eigenvalue weighted by atomic mass is 16.5. The molecule has 1 aromatic carbocycles. The summed E-state index contributed by atoms with van der Waals surface area (Å²) in [6.07, 6.45) is 3.76. The molecule has 4 nitrogen and oxygen atoms in total. The van der Waals surface area contributed by atoms with E-state index >= 15 is 0 Å². The van der Waals surface area contributed by atoms with E-state index in [0.717, 1.165) is 18.3 Å². The Kier molecular flexibility index (Phi) is 3.91. The van der Waals surface area contributed by atoms with E-state index < -0.39 is 0 Å². The Balaban J connectivity index is 2.01. The van der Waals surface area contributed by atoms with Crippen molar-refractivity contribution in [2.75, 3.05) is 5.73 Å². The lowest BCUT2D eigenvalue weighted by atomic mass is 10.1. The number of rotatable bonds is 5. The second-order valence-corrected chi connectivity index (χ2v) is 3.88. The first-order valence-corrected chi connectivity index (χ1v) is 5.70. The number of nitrogen functional groups attached to an aromatic ring is 1. The zero-order chi connectivity index (χ0) is 12.8. The Morgan fingerprint density at radius 3 is 2.56 bits per heavy atom. The SMILES string of the molecule is Nc1ccc(Oc2ccc(CCC=O)cc2)nc1. The summed E-state index contributed by atoms with van der Waals surface area (Å²) in [5.41, 5.74) is 7.25. The molecule has 0 bridgehead atoms. The summed E-state index contributed by atoms with van der Waals surface area (Å²) in [6.45, 7) is 0. The second kappa shape index (κ2) is 5.82. The molecule has 0 aliphatic heterocycles. The van der Waals surface area contributed by atoms with Gasteiger partial charge in [-0.05, 0) is 30.2 Å². The van der Waals surface area contributed by atoms with Crippen molar-refractivity contribution in [3.63, 3.8) is 0 Å². The molecule has 2 rings (SSSR count). The minimum atomic E-state index is 0.504. The van der Waals surface area contributed by atoms with Gasteiger partial charge in [0.15, 0.2) is 0 Å². The van der Waals surface area contributed by atoms with Gasteiger partial charge in [-0.3, -0.25) is 0 Å². The molecule has 18 heavy (non-hydrogen) atoms. The number of nitrogens with two attached hydrogens (primary N) is 1. The highest BCUT2D eigenvalue weighted by molar-refractivity contribution is 5.50. The van der Waals surface area contributed by atoms with Crippen LogP contribution in [0, 0.1) is 0 Å². The smallest absolute Gasteiger partial charge is 0.219 e. The number of carbonyl (C=O) groups excluding carboxylic acids is 1. The lowest BCUT2D eigenvalue weighted by Gasteiger charge is -2.05. The molecule has 0 fully saturated rings. The highest BCUT2D eigenvalue weighted by Crippen LogP contribution is 2.20. The standard InChI is InChI=1S/C14H14N2O2/c15-12-5-8-14(16-10-12)18-13-6-3-11(4-7-13)2-1-9-17/h3-10H,1-2,15H2. The fourth-order valence-electron chi connectivity index (χ4n) is 1.52. The lowest BCUT2D eigenvalue weighted by molar-refractivity contribution is -0.107. The van der Waals surface area contributed by atoms with Gasteiger partial charge in [0.2, 0.25) is 5.88 Å². The van der Waals surface area contributed by atoms with Crippen LogP contribution < -0.4 is 10.5 Å². The van der Waals surface area contributed by atoms with Crippen LogP contribution in [0.2, 0.25) is 0 Å². The molecule has 0 amide bonds. The van der Waals surface area contributed by atoms with Gasteiger partial charge in [0.1, 0.15) is 12.0 Å². The van der Waals surface area contributed by atoms with Crippen LogP contribution in [0.5, 0.6) is 11.6 Å². The molecule has 0 saturated carbocycles. The lowest BCUT2D eigenvalue weighted by Crippen LogP contribution is -1.91. The second-order valence-electron chi connectivity index (χ2n) is 3.88. The number of aryl methyl sites for hydroxylation is 1. The summed E-state index contributed by atoms with van der Waals surface area (Å²) in [5, 5.41) is 0. The van der Waals surface area contributed by atoms with E-state index in [9.17, 15) is 4.79 Å². The molecule has 0 spiro atoms. The van der Waals surface area contributed by atoms with E-state index in [1.54, 1.807) is 18.3 Å². The zero-order valence-corrected chi connectivity index (χ0v) is 9.87. The van der Waals surface area contributed by atoms with E-state index in [-0.39, 0.29) is 0 Å². The largest absolute Gasteiger partial charge is 0.439 e. The maximum atomic E-state index is 10.3. The van der Waals surface area contributed by atoms with E-state index in [2.05, 4.69) is 4.98 Å². The molecule has 0 aliphatic rings. The number of nitrogens with zero attached hydrogens (tertiary/aromatic N) is 1. The summed E-state index contributed by atoms with van der Waals surface area (Å²) >= 11 is 0. The average Bonchev–Trinajstić information content (AvgIpc) is 2.41. The van der Waals surface area contributed by atoms with Crippen LogP contribution in [-0.2, 0) is 11.2 Å². The molecule has 1 heterocycles. The van der Waals surface area contributed by atoms with Crippen molar-refractivity contribution < 1.29 is 9.53 Å². The molecular formula is C14H14N2O2. The molecular weight excluding hydrogens is 228 g/mol. The predicted octanol–water partition coefficient (Wildman–Crippen LogP) is 2.59. The van der Waals surface area contributed by atoms with Crippen LogP contribution in [-0.4, -0.2) is 11.3 Å². The van der Waals surface area contributed by atoms with Gasteiger partial charge in [0.05, 0.1) is 11.9 Å². The number of benzene rings is 1. The molecule has 4 heteroatoms. The fraction of sp³-hybridized carbons (Fsp3) is 0.143. The Bertz CT molecular complexity index is 506. The van der Waals surface area contributed by atoms with Gasteiger partial charge in [-0.15, -0.1) is 0 Å². The predicted molar refractivity (Wildman–Crippen MR) is 69.6 cm³/mol. The molecule has 0 aliphatic carbocycles. The normalized spacial score (nSPS) is 10.0. The third kappa shape index (κ3) is 3.31. The van der Waals surface area contributed by atoms with Crippen LogP contribution in [0.1, 0.15) is 12.0 Å². The maximum absolute atomic E-state index is 10.3. The van der Waals surface area contributed by atoms with Crippen molar-refractivity contribution in [1.29, 1.82) is 0 Å². The van der Waals surface area contributed by atoms with Gasteiger partial charge < -0.3 is 15.3 Å². The molecule has 2 aromatic rings. The summed E-state index contributed by atoms with van der Waals surface area (Å²) < 4.78 is 5.56.